The number of nitrogens with one attached hydrogen (secondary N) is 1. The average molecular weight is 467 g/mol. The number of nitrogen functional groups attached to an aromatic ring is 1. The first kappa shape index (κ1) is 20.9. The van der Waals surface area contributed by atoms with Crippen LogP contribution in [0.15, 0.2) is 42.5 Å². The van der Waals surface area contributed by atoms with E-state index in [1.165, 1.54) is 18.5 Å². The van der Waals surface area contributed by atoms with Crippen molar-refractivity contribution in [2.24, 2.45) is 5.92 Å². The van der Waals surface area contributed by atoms with Crippen LogP contribution in [0.25, 0.3) is 22.2 Å². The molecule has 1 aliphatic heterocycles. The molecular weight excluding hydrogens is 436 g/mol. The van der Waals surface area contributed by atoms with Crippen molar-refractivity contribution < 1.29 is 13.2 Å². The summed E-state index contributed by atoms with van der Waals surface area (Å²) in [5.41, 5.74) is 12.5. The zero-order valence-corrected chi connectivity index (χ0v) is 19.5. The van der Waals surface area contributed by atoms with Gasteiger partial charge < -0.3 is 19.9 Å². The zero-order chi connectivity index (χ0) is 22.6. The first-order valence-corrected chi connectivity index (χ1v) is 13.4. The molecule has 174 valence electrons. The van der Waals surface area contributed by atoms with Gasteiger partial charge in [-0.25, -0.2) is 8.42 Å². The highest BCUT2D eigenvalue weighted by Gasteiger charge is 2.35. The van der Waals surface area contributed by atoms with E-state index in [2.05, 4.69) is 32.4 Å². The fourth-order valence-electron chi connectivity index (χ4n) is 4.76. The van der Waals surface area contributed by atoms with E-state index in [0.717, 1.165) is 73.5 Å². The van der Waals surface area contributed by atoms with Crippen LogP contribution >= 0.6 is 0 Å². The Bertz CT molecular complexity index is 1290. The summed E-state index contributed by atoms with van der Waals surface area (Å²) in [6, 6.07) is 14.2. The molecule has 3 aliphatic rings. The highest BCUT2D eigenvalue weighted by Crippen LogP contribution is 2.41. The first-order valence-electron chi connectivity index (χ1n) is 11.9. The molecule has 3 N–H and O–H groups in total. The van der Waals surface area contributed by atoms with Gasteiger partial charge in [0.15, 0.2) is 0 Å². The standard InChI is InChI=1S/C25H30N4O3S/c26-24-22-10-7-20(28-11-13-32-14-12-28)15-23(22)29(16-17-1-2-17)25(24)18-3-5-19(6-4-18)27-33(30,31)21-8-9-21/h3-7,10,15,17,21,27H,1-2,8-9,11-14,16,26H2. The summed E-state index contributed by atoms with van der Waals surface area (Å²) in [4.78, 5) is 2.37. The predicted molar refractivity (Wildman–Crippen MR) is 133 cm³/mol. The van der Waals surface area contributed by atoms with Crippen LogP contribution in [0.3, 0.4) is 0 Å². The summed E-state index contributed by atoms with van der Waals surface area (Å²) in [7, 11) is -3.27. The van der Waals surface area contributed by atoms with Gasteiger partial charge in [-0.1, -0.05) is 12.1 Å². The van der Waals surface area contributed by atoms with Gasteiger partial charge in [0.1, 0.15) is 0 Å². The number of fused-ring (bicyclic) bond motifs is 1. The van der Waals surface area contributed by atoms with Crippen LogP contribution in [0.4, 0.5) is 17.1 Å². The summed E-state index contributed by atoms with van der Waals surface area (Å²) in [5, 5.41) is 0.829. The molecular formula is C25H30N4O3S. The van der Waals surface area contributed by atoms with Crippen LogP contribution in [-0.4, -0.2) is 44.5 Å². The van der Waals surface area contributed by atoms with Crippen molar-refractivity contribution in [1.29, 1.82) is 0 Å². The minimum absolute atomic E-state index is 0.241. The second-order valence-corrected chi connectivity index (χ2v) is 11.5. The van der Waals surface area contributed by atoms with Crippen molar-refractivity contribution in [3.63, 3.8) is 0 Å². The fraction of sp³-hybridized carbons (Fsp3) is 0.440. The highest BCUT2D eigenvalue weighted by atomic mass is 32.2. The molecule has 0 spiro atoms. The summed E-state index contributed by atoms with van der Waals surface area (Å²) in [6.07, 6.45) is 4.00. The van der Waals surface area contributed by atoms with Gasteiger partial charge in [0.05, 0.1) is 35.4 Å². The quantitative estimate of drug-likeness (QED) is 0.549. The maximum Gasteiger partial charge on any atom is 0.235 e. The molecule has 1 aromatic heterocycles. The minimum Gasteiger partial charge on any atom is -0.396 e. The van der Waals surface area contributed by atoms with E-state index in [4.69, 9.17) is 10.5 Å². The zero-order valence-electron chi connectivity index (χ0n) is 18.7. The Morgan fingerprint density at radius 3 is 2.39 bits per heavy atom. The molecule has 7 nitrogen and oxygen atoms in total. The van der Waals surface area contributed by atoms with Gasteiger partial charge in [-0.15, -0.1) is 0 Å². The van der Waals surface area contributed by atoms with Gasteiger partial charge >= 0.3 is 0 Å². The SMILES string of the molecule is Nc1c(-c2ccc(NS(=O)(=O)C3CC3)cc2)n(CC2CC2)c2cc(N3CCOCC3)ccc12. The number of hydrogen-bond acceptors (Lipinski definition) is 5. The van der Waals surface area contributed by atoms with Crippen molar-refractivity contribution in [2.75, 3.05) is 41.7 Å². The lowest BCUT2D eigenvalue weighted by molar-refractivity contribution is 0.122. The first-order chi connectivity index (χ1) is 16.0. The Kier molecular flexibility index (Phi) is 5.03. The lowest BCUT2D eigenvalue weighted by atomic mass is 10.1. The van der Waals surface area contributed by atoms with Crippen LogP contribution in [0, 0.1) is 5.92 Å². The Balaban J connectivity index is 1.38. The molecule has 1 saturated heterocycles. The number of morpholine rings is 1. The number of nitrogens with zero attached hydrogens (tertiary/aromatic N) is 2. The third-order valence-corrected chi connectivity index (χ3v) is 8.85. The van der Waals surface area contributed by atoms with Crippen LogP contribution in [0.5, 0.6) is 0 Å². The topological polar surface area (TPSA) is 89.6 Å². The Morgan fingerprint density at radius 1 is 1.00 bits per heavy atom. The Hall–Kier alpha value is -2.71. The Morgan fingerprint density at radius 2 is 1.73 bits per heavy atom. The average Bonchev–Trinajstić information content (AvgIpc) is 3.74. The minimum atomic E-state index is -3.27. The van der Waals surface area contributed by atoms with E-state index in [9.17, 15) is 8.42 Å². The monoisotopic (exact) mass is 466 g/mol. The molecule has 0 bridgehead atoms. The molecule has 2 aromatic carbocycles. The molecule has 0 unspecified atom stereocenters. The molecule has 3 fully saturated rings. The molecule has 33 heavy (non-hydrogen) atoms. The van der Waals surface area contributed by atoms with Gasteiger partial charge in [-0.3, -0.25) is 4.72 Å². The van der Waals surface area contributed by atoms with Crippen LogP contribution in [-0.2, 0) is 21.3 Å². The van der Waals surface area contributed by atoms with E-state index in [-0.39, 0.29) is 5.25 Å². The third-order valence-electron chi connectivity index (χ3n) is 6.98. The largest absolute Gasteiger partial charge is 0.396 e. The number of aromatic nitrogens is 1. The van der Waals surface area contributed by atoms with Crippen molar-refractivity contribution in [2.45, 2.75) is 37.5 Å². The van der Waals surface area contributed by atoms with Crippen LogP contribution < -0.4 is 15.4 Å². The van der Waals surface area contributed by atoms with Crippen LogP contribution in [0.2, 0.25) is 0 Å². The normalized spacial score (nSPS) is 19.2. The number of ether oxygens (including phenoxy) is 1. The summed E-state index contributed by atoms with van der Waals surface area (Å²) >= 11 is 0. The molecule has 8 heteroatoms. The van der Waals surface area contributed by atoms with Crippen molar-refractivity contribution in [1.82, 2.24) is 4.57 Å². The van der Waals surface area contributed by atoms with Crippen molar-refractivity contribution in [3.05, 3.63) is 42.5 Å². The number of benzene rings is 2. The van der Waals surface area contributed by atoms with E-state index in [1.807, 2.05) is 24.3 Å². The molecule has 0 radical (unpaired) electrons. The maximum atomic E-state index is 12.3. The smallest absolute Gasteiger partial charge is 0.235 e. The lowest BCUT2D eigenvalue weighted by Gasteiger charge is -2.29. The lowest BCUT2D eigenvalue weighted by Crippen LogP contribution is -2.36. The van der Waals surface area contributed by atoms with Gasteiger partial charge in [0.2, 0.25) is 10.0 Å². The van der Waals surface area contributed by atoms with Gasteiger partial charge in [-0.05, 0) is 61.9 Å². The number of sulfonamides is 1. The predicted octanol–water partition coefficient (Wildman–Crippen LogP) is 4.04. The second-order valence-electron chi connectivity index (χ2n) is 9.54. The van der Waals surface area contributed by atoms with E-state index in [0.29, 0.717) is 11.6 Å². The van der Waals surface area contributed by atoms with E-state index < -0.39 is 10.0 Å². The summed E-state index contributed by atoms with van der Waals surface area (Å²) < 4.78 is 35.2. The molecule has 6 rings (SSSR count). The maximum absolute atomic E-state index is 12.3. The molecule has 2 saturated carbocycles. The molecule has 2 aliphatic carbocycles. The highest BCUT2D eigenvalue weighted by molar-refractivity contribution is 7.93. The van der Waals surface area contributed by atoms with Crippen LogP contribution in [0.1, 0.15) is 25.7 Å². The second kappa shape index (κ2) is 7.95. The van der Waals surface area contributed by atoms with E-state index in [1.54, 1.807) is 0 Å². The molecule has 3 aromatic rings. The molecule has 2 heterocycles. The van der Waals surface area contributed by atoms with E-state index >= 15 is 0 Å². The van der Waals surface area contributed by atoms with Gasteiger partial charge in [-0.2, -0.15) is 0 Å². The Labute approximate surface area is 194 Å². The fourth-order valence-corrected chi connectivity index (χ4v) is 6.15. The molecule has 0 amide bonds. The van der Waals surface area contributed by atoms with Crippen molar-refractivity contribution in [3.8, 4) is 11.3 Å². The van der Waals surface area contributed by atoms with Crippen molar-refractivity contribution >= 4 is 38.0 Å². The molecule has 0 atom stereocenters. The summed E-state index contributed by atoms with van der Waals surface area (Å²) in [6.45, 7) is 4.26. The van der Waals surface area contributed by atoms with Gasteiger partial charge in [0, 0.05) is 42.0 Å². The third kappa shape index (κ3) is 4.06. The number of anilines is 3. The number of rotatable bonds is 7. The summed E-state index contributed by atoms with van der Waals surface area (Å²) in [5.74, 6) is 0.690. The number of hydrogen-bond donors (Lipinski definition) is 2. The number of nitrogens with two attached hydrogens (primary N) is 1. The van der Waals surface area contributed by atoms with Gasteiger partial charge in [0.25, 0.3) is 0 Å².